The lowest BCUT2D eigenvalue weighted by Crippen LogP contribution is -2.37. The predicted molar refractivity (Wildman–Crippen MR) is 127 cm³/mol. The van der Waals surface area contributed by atoms with Crippen molar-refractivity contribution >= 4 is 23.2 Å². The smallest absolute Gasteiger partial charge is 0.255 e. The number of carbonyl (C=O) groups excluding carboxylic acids is 1. The van der Waals surface area contributed by atoms with Crippen LogP contribution in [-0.4, -0.2) is 59.5 Å². The van der Waals surface area contributed by atoms with Gasteiger partial charge in [0.2, 0.25) is 0 Å². The van der Waals surface area contributed by atoms with Gasteiger partial charge in [0.05, 0.1) is 11.3 Å². The molecular formula is C25H33ClN4O. The Labute approximate surface area is 190 Å². The Morgan fingerprint density at radius 2 is 1.84 bits per heavy atom. The summed E-state index contributed by atoms with van der Waals surface area (Å²) in [6.45, 7) is 13.1. The van der Waals surface area contributed by atoms with Crippen LogP contribution in [-0.2, 0) is 0 Å². The quantitative estimate of drug-likeness (QED) is 0.715. The van der Waals surface area contributed by atoms with Crippen molar-refractivity contribution in [2.45, 2.75) is 40.2 Å². The van der Waals surface area contributed by atoms with Crippen molar-refractivity contribution in [1.82, 2.24) is 14.8 Å². The molecule has 0 aliphatic carbocycles. The number of anilines is 1. The van der Waals surface area contributed by atoms with Crippen LogP contribution in [0.25, 0.3) is 0 Å². The van der Waals surface area contributed by atoms with Gasteiger partial charge in [0.1, 0.15) is 0 Å². The Bertz CT molecular complexity index is 928. The van der Waals surface area contributed by atoms with E-state index in [1.54, 1.807) is 6.20 Å². The topological polar surface area (TPSA) is 48.5 Å². The first kappa shape index (κ1) is 22.1. The van der Waals surface area contributed by atoms with Crippen molar-refractivity contribution in [3.63, 3.8) is 0 Å². The number of hydrogen-bond donors (Lipinski definition) is 1. The summed E-state index contributed by atoms with van der Waals surface area (Å²) in [6, 6.07) is 8.59. The first-order valence-electron chi connectivity index (χ1n) is 11.3. The van der Waals surface area contributed by atoms with E-state index in [2.05, 4.69) is 39.2 Å². The van der Waals surface area contributed by atoms with Crippen molar-refractivity contribution in [3.05, 3.63) is 57.9 Å². The Balaban J connectivity index is 1.27. The van der Waals surface area contributed by atoms with Crippen molar-refractivity contribution < 1.29 is 4.79 Å². The summed E-state index contributed by atoms with van der Waals surface area (Å²) >= 11 is 6.22. The number of carbonyl (C=O) groups is 1. The second-order valence-corrected chi connectivity index (χ2v) is 9.71. The third-order valence-corrected chi connectivity index (χ3v) is 7.46. The molecule has 0 bridgehead atoms. The van der Waals surface area contributed by atoms with Crippen LogP contribution in [0.2, 0.25) is 5.02 Å². The molecule has 3 unspecified atom stereocenters. The van der Waals surface area contributed by atoms with Crippen LogP contribution in [0.4, 0.5) is 5.69 Å². The van der Waals surface area contributed by atoms with Crippen LogP contribution >= 0.6 is 11.6 Å². The fourth-order valence-corrected chi connectivity index (χ4v) is 5.22. The van der Waals surface area contributed by atoms with Gasteiger partial charge in [-0.25, -0.2) is 0 Å². The summed E-state index contributed by atoms with van der Waals surface area (Å²) in [4.78, 5) is 22.1. The van der Waals surface area contributed by atoms with E-state index in [9.17, 15) is 4.79 Å². The standard InChI is InChI=1S/C25H33ClN4O/c1-16-5-6-22(11-23(16)26)28-10-8-18(3)29-12-20-14-30(15-21(20)13-29)25(31)24-17(2)7-9-27-19(24)4/h5-7,9,11,18,20-21,28H,8,10,12-15H2,1-4H3. The Kier molecular flexibility index (Phi) is 6.54. The molecule has 3 heterocycles. The average molecular weight is 441 g/mol. The summed E-state index contributed by atoms with van der Waals surface area (Å²) in [5.74, 6) is 1.30. The van der Waals surface area contributed by atoms with Gasteiger partial charge in [-0.2, -0.15) is 0 Å². The number of halogens is 1. The van der Waals surface area contributed by atoms with E-state index in [0.717, 1.165) is 72.2 Å². The minimum atomic E-state index is 0.151. The van der Waals surface area contributed by atoms with Crippen molar-refractivity contribution in [2.24, 2.45) is 11.8 Å². The lowest BCUT2D eigenvalue weighted by molar-refractivity contribution is 0.0768. The van der Waals surface area contributed by atoms with Crippen LogP contribution in [0.5, 0.6) is 0 Å². The molecule has 166 valence electrons. The largest absolute Gasteiger partial charge is 0.385 e. The zero-order chi connectivity index (χ0) is 22.1. The number of hydrogen-bond acceptors (Lipinski definition) is 4. The summed E-state index contributed by atoms with van der Waals surface area (Å²) in [7, 11) is 0. The highest BCUT2D eigenvalue weighted by atomic mass is 35.5. The van der Waals surface area contributed by atoms with Gasteiger partial charge in [0.25, 0.3) is 5.91 Å². The van der Waals surface area contributed by atoms with E-state index in [-0.39, 0.29) is 5.91 Å². The Hall–Kier alpha value is -2.11. The van der Waals surface area contributed by atoms with E-state index in [4.69, 9.17) is 11.6 Å². The lowest BCUT2D eigenvalue weighted by atomic mass is 10.0. The highest BCUT2D eigenvalue weighted by molar-refractivity contribution is 6.31. The molecule has 1 aromatic heterocycles. The first-order valence-corrected chi connectivity index (χ1v) is 11.7. The first-order chi connectivity index (χ1) is 14.8. The second kappa shape index (κ2) is 9.17. The highest BCUT2D eigenvalue weighted by Gasteiger charge is 2.43. The Morgan fingerprint density at radius 3 is 2.48 bits per heavy atom. The molecule has 3 atom stereocenters. The van der Waals surface area contributed by atoms with Crippen LogP contribution in [0, 0.1) is 32.6 Å². The van der Waals surface area contributed by atoms with Crippen LogP contribution in [0.3, 0.4) is 0 Å². The summed E-state index contributed by atoms with van der Waals surface area (Å²) in [5.41, 5.74) is 4.82. The zero-order valence-corrected chi connectivity index (χ0v) is 19.7. The van der Waals surface area contributed by atoms with E-state index in [1.165, 1.54) is 0 Å². The summed E-state index contributed by atoms with van der Waals surface area (Å²) < 4.78 is 0. The molecule has 2 aromatic rings. The molecule has 0 spiro atoms. The number of amides is 1. The van der Waals surface area contributed by atoms with E-state index >= 15 is 0 Å². The van der Waals surface area contributed by atoms with Crippen molar-refractivity contribution in [2.75, 3.05) is 38.0 Å². The van der Waals surface area contributed by atoms with E-state index in [0.29, 0.717) is 17.9 Å². The fraction of sp³-hybridized carbons (Fsp3) is 0.520. The predicted octanol–water partition coefficient (Wildman–Crippen LogP) is 4.55. The third kappa shape index (κ3) is 4.73. The number of likely N-dealkylation sites (tertiary alicyclic amines) is 2. The monoisotopic (exact) mass is 440 g/mol. The number of pyridine rings is 1. The molecule has 1 aromatic carbocycles. The second-order valence-electron chi connectivity index (χ2n) is 9.30. The molecule has 2 aliphatic heterocycles. The number of rotatable bonds is 6. The Morgan fingerprint density at radius 1 is 1.13 bits per heavy atom. The molecule has 0 saturated carbocycles. The highest BCUT2D eigenvalue weighted by Crippen LogP contribution is 2.34. The molecule has 6 heteroatoms. The van der Waals surface area contributed by atoms with Gasteiger partial charge in [0.15, 0.2) is 0 Å². The minimum absolute atomic E-state index is 0.151. The molecule has 1 amide bonds. The summed E-state index contributed by atoms with van der Waals surface area (Å²) in [6.07, 6.45) is 2.86. The number of aryl methyl sites for hydroxylation is 3. The van der Waals surface area contributed by atoms with Crippen LogP contribution in [0.15, 0.2) is 30.5 Å². The molecule has 4 rings (SSSR count). The van der Waals surface area contributed by atoms with Crippen molar-refractivity contribution in [1.29, 1.82) is 0 Å². The maximum atomic E-state index is 13.1. The van der Waals surface area contributed by atoms with Gasteiger partial charge in [0, 0.05) is 55.7 Å². The SMILES string of the molecule is Cc1ccc(NCCC(C)N2CC3CN(C(=O)c4c(C)ccnc4C)CC3C2)cc1Cl. The number of benzene rings is 1. The molecular weight excluding hydrogens is 408 g/mol. The van der Waals surface area contributed by atoms with E-state index < -0.39 is 0 Å². The molecule has 2 aliphatic rings. The number of nitrogens with zero attached hydrogens (tertiary/aromatic N) is 3. The lowest BCUT2D eigenvalue weighted by Gasteiger charge is -2.27. The average Bonchev–Trinajstić information content (AvgIpc) is 3.30. The zero-order valence-electron chi connectivity index (χ0n) is 19.0. The molecule has 31 heavy (non-hydrogen) atoms. The normalized spacial score (nSPS) is 21.9. The summed E-state index contributed by atoms with van der Waals surface area (Å²) in [5, 5.41) is 4.30. The van der Waals surface area contributed by atoms with E-state index in [1.807, 2.05) is 32.9 Å². The molecule has 0 radical (unpaired) electrons. The van der Waals surface area contributed by atoms with Crippen LogP contribution in [0.1, 0.15) is 40.5 Å². The molecule has 1 N–H and O–H groups in total. The van der Waals surface area contributed by atoms with Crippen molar-refractivity contribution in [3.8, 4) is 0 Å². The number of nitrogens with one attached hydrogen (secondary N) is 1. The fourth-order valence-electron chi connectivity index (χ4n) is 5.04. The molecule has 5 nitrogen and oxygen atoms in total. The molecule has 2 fully saturated rings. The maximum absolute atomic E-state index is 13.1. The van der Waals surface area contributed by atoms with Gasteiger partial charge in [-0.1, -0.05) is 17.7 Å². The van der Waals surface area contributed by atoms with Gasteiger partial charge in [-0.15, -0.1) is 0 Å². The third-order valence-electron chi connectivity index (χ3n) is 7.05. The number of fused-ring (bicyclic) bond motifs is 1. The molecule has 2 saturated heterocycles. The van der Waals surface area contributed by atoms with Gasteiger partial charge < -0.3 is 10.2 Å². The van der Waals surface area contributed by atoms with Gasteiger partial charge in [-0.3, -0.25) is 14.7 Å². The van der Waals surface area contributed by atoms with Gasteiger partial charge in [-0.05, 0) is 75.3 Å². The van der Waals surface area contributed by atoms with Crippen LogP contribution < -0.4 is 5.32 Å². The minimum Gasteiger partial charge on any atom is -0.385 e. The maximum Gasteiger partial charge on any atom is 0.255 e. The van der Waals surface area contributed by atoms with Gasteiger partial charge >= 0.3 is 0 Å². The number of aromatic nitrogens is 1.